The van der Waals surface area contributed by atoms with Crippen LogP contribution in [0, 0.1) is 5.92 Å². The van der Waals surface area contributed by atoms with Crippen molar-refractivity contribution >= 4 is 11.5 Å². The number of hydrogen-bond acceptors (Lipinski definition) is 2. The first-order valence-corrected chi connectivity index (χ1v) is 6.60. The molecule has 0 aliphatic heterocycles. The molecular weight excluding hydrogens is 238 g/mol. The highest BCUT2D eigenvalue weighted by Crippen LogP contribution is 2.25. The van der Waals surface area contributed by atoms with E-state index in [1.807, 2.05) is 0 Å². The number of hydroxylamine groups is 1. The van der Waals surface area contributed by atoms with Gasteiger partial charge in [0.2, 0.25) is 0 Å². The lowest BCUT2D eigenvalue weighted by Gasteiger charge is -2.13. The molecule has 0 aliphatic rings. The second-order valence-corrected chi connectivity index (χ2v) is 5.20. The van der Waals surface area contributed by atoms with Crippen LogP contribution in [-0.2, 0) is 9.63 Å². The minimum atomic E-state index is -0.237. The van der Waals surface area contributed by atoms with Gasteiger partial charge in [-0.3, -0.25) is 9.63 Å². The van der Waals surface area contributed by atoms with Crippen LogP contribution in [0.5, 0.6) is 0 Å². The van der Waals surface area contributed by atoms with Crippen LogP contribution in [0.2, 0.25) is 0 Å². The van der Waals surface area contributed by atoms with E-state index in [0.29, 0.717) is 5.92 Å². The summed E-state index contributed by atoms with van der Waals surface area (Å²) in [6, 6.07) is 8.37. The van der Waals surface area contributed by atoms with Crippen molar-refractivity contribution in [1.82, 2.24) is 5.48 Å². The summed E-state index contributed by atoms with van der Waals surface area (Å²) in [7, 11) is 1.43. The highest BCUT2D eigenvalue weighted by Gasteiger charge is 2.09. The minimum Gasteiger partial charge on any atom is -0.277 e. The van der Waals surface area contributed by atoms with Gasteiger partial charge in [-0.2, -0.15) is 0 Å². The summed E-state index contributed by atoms with van der Waals surface area (Å²) >= 11 is 0. The minimum absolute atomic E-state index is 0.237. The third kappa shape index (κ3) is 4.52. The zero-order valence-electron chi connectivity index (χ0n) is 12.4. The van der Waals surface area contributed by atoms with Crippen LogP contribution >= 0.6 is 0 Å². The third-order valence-corrected chi connectivity index (χ3v) is 3.02. The lowest BCUT2D eigenvalue weighted by atomic mass is 9.92. The van der Waals surface area contributed by atoms with Crippen molar-refractivity contribution in [3.05, 3.63) is 41.5 Å². The molecule has 3 nitrogen and oxygen atoms in total. The zero-order chi connectivity index (χ0) is 14.4. The van der Waals surface area contributed by atoms with E-state index in [0.717, 1.165) is 11.1 Å². The van der Waals surface area contributed by atoms with Crippen molar-refractivity contribution in [1.29, 1.82) is 0 Å². The van der Waals surface area contributed by atoms with Crippen molar-refractivity contribution in [2.75, 3.05) is 7.11 Å². The number of benzene rings is 1. The topological polar surface area (TPSA) is 38.3 Å². The van der Waals surface area contributed by atoms with Gasteiger partial charge in [-0.15, -0.1) is 0 Å². The van der Waals surface area contributed by atoms with Crippen LogP contribution in [0.25, 0.3) is 5.57 Å². The van der Waals surface area contributed by atoms with Gasteiger partial charge in [-0.1, -0.05) is 52.0 Å². The number of carbonyl (C=O) groups excluding carboxylic acids is 1. The van der Waals surface area contributed by atoms with Gasteiger partial charge >= 0.3 is 0 Å². The van der Waals surface area contributed by atoms with E-state index in [4.69, 9.17) is 0 Å². The Morgan fingerprint density at radius 1 is 1.16 bits per heavy atom. The van der Waals surface area contributed by atoms with E-state index in [9.17, 15) is 4.79 Å². The van der Waals surface area contributed by atoms with E-state index in [-0.39, 0.29) is 11.8 Å². The summed E-state index contributed by atoms with van der Waals surface area (Å²) < 4.78 is 0. The highest BCUT2D eigenvalue weighted by atomic mass is 16.6. The number of amides is 1. The van der Waals surface area contributed by atoms with Gasteiger partial charge in [0, 0.05) is 6.08 Å². The monoisotopic (exact) mass is 261 g/mol. The fraction of sp³-hybridized carbons (Fsp3) is 0.438. The molecule has 1 aromatic rings. The second-order valence-electron chi connectivity index (χ2n) is 5.20. The molecule has 0 unspecified atom stereocenters. The molecule has 1 aromatic carbocycles. The smallest absolute Gasteiger partial charge is 0.267 e. The van der Waals surface area contributed by atoms with Gasteiger partial charge in [0.1, 0.15) is 0 Å². The molecule has 3 heteroatoms. The maximum Gasteiger partial charge on any atom is 0.267 e. The average Bonchev–Trinajstić information content (AvgIpc) is 2.36. The first-order chi connectivity index (χ1) is 8.95. The Balaban J connectivity index is 3.03. The van der Waals surface area contributed by atoms with Crippen molar-refractivity contribution in [2.24, 2.45) is 5.92 Å². The number of allylic oxidation sites excluding steroid dienone is 1. The Morgan fingerprint density at radius 2 is 1.74 bits per heavy atom. The van der Waals surface area contributed by atoms with Gasteiger partial charge in [0.15, 0.2) is 0 Å². The van der Waals surface area contributed by atoms with E-state index < -0.39 is 0 Å². The molecule has 0 aromatic heterocycles. The maximum atomic E-state index is 11.6. The Kier molecular flexibility index (Phi) is 5.77. The quantitative estimate of drug-likeness (QED) is 0.650. The molecule has 0 saturated carbocycles. The molecule has 19 heavy (non-hydrogen) atoms. The molecule has 104 valence electrons. The van der Waals surface area contributed by atoms with Crippen LogP contribution < -0.4 is 5.48 Å². The second kappa shape index (κ2) is 7.10. The Labute approximate surface area is 115 Å². The summed E-state index contributed by atoms with van der Waals surface area (Å²) in [5.74, 6) is 0.545. The van der Waals surface area contributed by atoms with E-state index in [1.165, 1.54) is 12.7 Å². The molecule has 0 bridgehead atoms. The van der Waals surface area contributed by atoms with Crippen LogP contribution in [0.1, 0.15) is 44.7 Å². The molecule has 1 rings (SSSR count). The van der Waals surface area contributed by atoms with Crippen molar-refractivity contribution in [3.63, 3.8) is 0 Å². The lowest BCUT2D eigenvalue weighted by Crippen LogP contribution is -2.20. The zero-order valence-corrected chi connectivity index (χ0v) is 12.4. The predicted octanol–water partition coefficient (Wildman–Crippen LogP) is 3.53. The summed E-state index contributed by atoms with van der Waals surface area (Å²) in [6.45, 7) is 8.48. The van der Waals surface area contributed by atoms with E-state index in [1.54, 1.807) is 6.08 Å². The van der Waals surface area contributed by atoms with Crippen molar-refractivity contribution in [3.8, 4) is 0 Å². The fourth-order valence-electron chi connectivity index (χ4n) is 1.92. The number of hydrogen-bond donors (Lipinski definition) is 1. The maximum absolute atomic E-state index is 11.6. The van der Waals surface area contributed by atoms with Gasteiger partial charge < -0.3 is 0 Å². The van der Waals surface area contributed by atoms with Crippen molar-refractivity contribution in [2.45, 2.75) is 33.6 Å². The summed E-state index contributed by atoms with van der Waals surface area (Å²) in [5, 5.41) is 0. The van der Waals surface area contributed by atoms with Gasteiger partial charge in [0.25, 0.3) is 5.91 Å². The normalized spacial score (nSPS) is 12.1. The molecule has 0 atom stereocenters. The van der Waals surface area contributed by atoms with Crippen molar-refractivity contribution < 1.29 is 9.63 Å². The standard InChI is InChI=1S/C16H23NO2/c1-11(2)13-6-8-14(9-7-13)15(12(3)4)10-16(18)17-19-5/h6-12H,1-5H3,(H,17,18)/b15-10+. The predicted molar refractivity (Wildman–Crippen MR) is 78.5 cm³/mol. The average molecular weight is 261 g/mol. The summed E-state index contributed by atoms with van der Waals surface area (Å²) in [5.41, 5.74) is 5.69. The largest absolute Gasteiger partial charge is 0.277 e. The molecule has 0 fully saturated rings. The first kappa shape index (κ1) is 15.4. The number of carbonyl (C=O) groups is 1. The molecular formula is C16H23NO2. The van der Waals surface area contributed by atoms with E-state index >= 15 is 0 Å². The number of nitrogens with one attached hydrogen (secondary N) is 1. The van der Waals surface area contributed by atoms with Crippen LogP contribution in [0.3, 0.4) is 0 Å². The summed E-state index contributed by atoms with van der Waals surface area (Å²) in [6.07, 6.45) is 1.60. The Bertz CT molecular complexity index is 444. The van der Waals surface area contributed by atoms with Crippen LogP contribution in [0.4, 0.5) is 0 Å². The van der Waals surface area contributed by atoms with E-state index in [2.05, 4.69) is 62.3 Å². The lowest BCUT2D eigenvalue weighted by molar-refractivity contribution is -0.126. The molecule has 1 N–H and O–H groups in total. The molecule has 0 spiro atoms. The molecule has 0 heterocycles. The van der Waals surface area contributed by atoms with Gasteiger partial charge in [-0.05, 0) is 28.5 Å². The van der Waals surface area contributed by atoms with Crippen LogP contribution in [-0.4, -0.2) is 13.0 Å². The molecule has 0 aliphatic carbocycles. The number of rotatable bonds is 5. The third-order valence-electron chi connectivity index (χ3n) is 3.02. The Morgan fingerprint density at radius 3 is 2.16 bits per heavy atom. The molecule has 1 amide bonds. The first-order valence-electron chi connectivity index (χ1n) is 6.60. The fourth-order valence-corrected chi connectivity index (χ4v) is 1.92. The van der Waals surface area contributed by atoms with Gasteiger partial charge in [0.05, 0.1) is 7.11 Å². The summed E-state index contributed by atoms with van der Waals surface area (Å²) in [4.78, 5) is 16.2. The highest BCUT2D eigenvalue weighted by molar-refractivity contribution is 5.94. The van der Waals surface area contributed by atoms with Gasteiger partial charge in [-0.25, -0.2) is 5.48 Å². The SMILES string of the molecule is CONC(=O)/C=C(/c1ccc(C(C)C)cc1)C(C)C. The molecule has 0 radical (unpaired) electrons. The Hall–Kier alpha value is -1.61. The van der Waals surface area contributed by atoms with Crippen LogP contribution in [0.15, 0.2) is 30.3 Å². The molecule has 0 saturated heterocycles.